The van der Waals surface area contributed by atoms with Crippen LogP contribution in [-0.4, -0.2) is 25.8 Å². The second-order valence-electron chi connectivity index (χ2n) is 10.4. The molecule has 1 rings (SSSR count). The van der Waals surface area contributed by atoms with Crippen molar-refractivity contribution < 1.29 is 36.2 Å². The Balaban J connectivity index is 2.83. The van der Waals surface area contributed by atoms with Gasteiger partial charge in [-0.1, -0.05) is 85.5 Å². The second-order valence-corrected chi connectivity index (χ2v) is 10.4. The molecule has 0 aliphatic carbocycles. The average molecular weight is 567 g/mol. The van der Waals surface area contributed by atoms with Crippen molar-refractivity contribution in [3.63, 3.8) is 0 Å². The molecule has 0 aromatic heterocycles. The standard InChI is InChI=1S/C31H51F5O3/c1-5-9-10-11-12-15-18-24(31(37-21-6-2,38-22-7-3)39-23-8-4)19-16-13-14-17-20-25-26(32)28(34)30(36)29(35)27(25)33/h24H,5-23H2,1-4H3. The van der Waals surface area contributed by atoms with E-state index in [2.05, 4.69) is 27.7 Å². The number of hydrogen-bond acceptors (Lipinski definition) is 3. The SMILES string of the molecule is CCCCCCCCC(CCCCCCc1c(F)c(F)c(F)c(F)c1F)C(OCCC)(OCCC)OCCC. The van der Waals surface area contributed by atoms with E-state index in [1.165, 1.54) is 25.7 Å². The molecular weight excluding hydrogens is 515 g/mol. The zero-order valence-electron chi connectivity index (χ0n) is 24.6. The highest BCUT2D eigenvalue weighted by molar-refractivity contribution is 5.24. The Bertz CT molecular complexity index is 739. The molecule has 0 fully saturated rings. The minimum absolute atomic E-state index is 0.0310. The summed E-state index contributed by atoms with van der Waals surface area (Å²) >= 11 is 0. The molecule has 0 N–H and O–H groups in total. The van der Waals surface area contributed by atoms with E-state index in [-0.39, 0.29) is 12.3 Å². The number of hydrogen-bond donors (Lipinski definition) is 0. The Morgan fingerprint density at radius 2 is 0.872 bits per heavy atom. The lowest BCUT2D eigenvalue weighted by Gasteiger charge is -2.40. The van der Waals surface area contributed by atoms with Crippen molar-refractivity contribution >= 4 is 0 Å². The molecule has 0 aliphatic heterocycles. The quantitative estimate of drug-likeness (QED) is 0.0410. The van der Waals surface area contributed by atoms with Gasteiger partial charge in [-0.25, -0.2) is 22.0 Å². The Labute approximate surface area is 233 Å². The molecule has 0 bridgehead atoms. The van der Waals surface area contributed by atoms with Crippen molar-refractivity contribution in [3.05, 3.63) is 34.6 Å². The van der Waals surface area contributed by atoms with Crippen molar-refractivity contribution in [2.75, 3.05) is 19.8 Å². The zero-order valence-corrected chi connectivity index (χ0v) is 24.6. The van der Waals surface area contributed by atoms with Crippen LogP contribution in [0.3, 0.4) is 0 Å². The van der Waals surface area contributed by atoms with Crippen molar-refractivity contribution in [3.8, 4) is 0 Å². The Kier molecular flexibility index (Phi) is 18.9. The lowest BCUT2D eigenvalue weighted by Crippen LogP contribution is -2.47. The van der Waals surface area contributed by atoms with Gasteiger partial charge in [-0.05, 0) is 44.9 Å². The van der Waals surface area contributed by atoms with E-state index in [0.29, 0.717) is 32.7 Å². The molecule has 228 valence electrons. The third-order valence-electron chi connectivity index (χ3n) is 6.96. The topological polar surface area (TPSA) is 27.7 Å². The van der Waals surface area contributed by atoms with Gasteiger partial charge in [-0.3, -0.25) is 0 Å². The van der Waals surface area contributed by atoms with E-state index in [4.69, 9.17) is 14.2 Å². The maximum Gasteiger partial charge on any atom is 0.285 e. The molecule has 0 spiro atoms. The number of halogens is 5. The van der Waals surface area contributed by atoms with Gasteiger partial charge in [0.15, 0.2) is 23.3 Å². The van der Waals surface area contributed by atoms with Crippen molar-refractivity contribution in [1.29, 1.82) is 0 Å². The first kappa shape index (κ1) is 35.8. The number of rotatable bonds is 24. The first-order valence-corrected chi connectivity index (χ1v) is 15.2. The minimum atomic E-state index is -2.12. The van der Waals surface area contributed by atoms with E-state index in [1.54, 1.807) is 0 Å². The molecule has 8 heteroatoms. The van der Waals surface area contributed by atoms with Gasteiger partial charge in [0.1, 0.15) is 0 Å². The summed E-state index contributed by atoms with van der Waals surface area (Å²) in [4.78, 5) is 0. The molecule has 1 atom stereocenters. The monoisotopic (exact) mass is 566 g/mol. The van der Waals surface area contributed by atoms with E-state index in [0.717, 1.165) is 57.8 Å². The molecule has 0 radical (unpaired) electrons. The molecule has 1 unspecified atom stereocenters. The number of benzene rings is 1. The van der Waals surface area contributed by atoms with E-state index < -0.39 is 40.6 Å². The van der Waals surface area contributed by atoms with Gasteiger partial charge >= 0.3 is 0 Å². The van der Waals surface area contributed by atoms with Gasteiger partial charge in [-0.2, -0.15) is 0 Å². The van der Waals surface area contributed by atoms with Crippen LogP contribution in [0.15, 0.2) is 0 Å². The Morgan fingerprint density at radius 3 is 1.31 bits per heavy atom. The van der Waals surface area contributed by atoms with E-state index in [9.17, 15) is 22.0 Å². The molecule has 0 amide bonds. The van der Waals surface area contributed by atoms with Gasteiger partial charge in [0, 0.05) is 11.5 Å². The summed E-state index contributed by atoms with van der Waals surface area (Å²) in [7, 11) is 0. The fourth-order valence-corrected chi connectivity index (χ4v) is 4.80. The maximum atomic E-state index is 14.0. The molecule has 1 aromatic carbocycles. The van der Waals surface area contributed by atoms with Crippen molar-refractivity contribution in [2.45, 2.75) is 136 Å². The van der Waals surface area contributed by atoms with Gasteiger partial charge < -0.3 is 14.2 Å². The molecule has 0 saturated carbocycles. The predicted octanol–water partition coefficient (Wildman–Crippen LogP) is 10.2. The number of unbranched alkanes of at least 4 members (excludes halogenated alkanes) is 8. The van der Waals surface area contributed by atoms with E-state index >= 15 is 0 Å². The molecule has 3 nitrogen and oxygen atoms in total. The maximum absolute atomic E-state index is 14.0. The van der Waals surface area contributed by atoms with Crippen LogP contribution in [0.2, 0.25) is 0 Å². The first-order chi connectivity index (χ1) is 18.8. The molecule has 0 saturated heterocycles. The molecule has 1 aromatic rings. The minimum Gasteiger partial charge on any atom is -0.327 e. The predicted molar refractivity (Wildman–Crippen MR) is 146 cm³/mol. The Morgan fingerprint density at radius 1 is 0.487 bits per heavy atom. The van der Waals surface area contributed by atoms with Crippen LogP contribution < -0.4 is 0 Å². The average Bonchev–Trinajstić information content (AvgIpc) is 2.94. The summed E-state index contributed by atoms with van der Waals surface area (Å²) < 4.78 is 87.1. The molecule has 0 heterocycles. The highest BCUT2D eigenvalue weighted by Crippen LogP contribution is 2.35. The van der Waals surface area contributed by atoms with Crippen LogP contribution in [0, 0.1) is 35.0 Å². The molecule has 0 aliphatic rings. The van der Waals surface area contributed by atoms with E-state index in [1.807, 2.05) is 0 Å². The van der Waals surface area contributed by atoms with Crippen LogP contribution in [0.1, 0.15) is 130 Å². The third-order valence-corrected chi connectivity index (χ3v) is 6.96. The fraction of sp³-hybridized carbons (Fsp3) is 0.806. The van der Waals surface area contributed by atoms with Crippen LogP contribution in [0.4, 0.5) is 22.0 Å². The van der Waals surface area contributed by atoms with Gasteiger partial charge in [0.25, 0.3) is 5.97 Å². The largest absolute Gasteiger partial charge is 0.327 e. The van der Waals surface area contributed by atoms with Crippen LogP contribution >= 0.6 is 0 Å². The lowest BCUT2D eigenvalue weighted by molar-refractivity contribution is -0.406. The fourth-order valence-electron chi connectivity index (χ4n) is 4.80. The summed E-state index contributed by atoms with van der Waals surface area (Å²) in [5.74, 6) is -10.4. The summed E-state index contributed by atoms with van der Waals surface area (Å²) in [6, 6.07) is 0. The van der Waals surface area contributed by atoms with Crippen LogP contribution in [0.5, 0.6) is 0 Å². The van der Waals surface area contributed by atoms with Gasteiger partial charge in [0.2, 0.25) is 5.82 Å². The summed E-state index contributed by atoms with van der Waals surface area (Å²) in [5, 5.41) is 0. The highest BCUT2D eigenvalue weighted by Gasteiger charge is 2.42. The smallest absolute Gasteiger partial charge is 0.285 e. The first-order valence-electron chi connectivity index (χ1n) is 15.2. The normalized spacial score (nSPS) is 12.8. The lowest BCUT2D eigenvalue weighted by atomic mass is 9.91. The molecular formula is C31H51F5O3. The zero-order chi connectivity index (χ0) is 29.1. The van der Waals surface area contributed by atoms with Crippen LogP contribution in [0.25, 0.3) is 0 Å². The summed E-state index contributed by atoms with van der Waals surface area (Å²) in [6.45, 7) is 9.95. The van der Waals surface area contributed by atoms with Gasteiger partial charge in [0.05, 0.1) is 19.8 Å². The molecule has 39 heavy (non-hydrogen) atoms. The van der Waals surface area contributed by atoms with Gasteiger partial charge in [-0.15, -0.1) is 0 Å². The second kappa shape index (κ2) is 20.6. The Hall–Kier alpha value is -1.25. The van der Waals surface area contributed by atoms with Crippen molar-refractivity contribution in [2.24, 2.45) is 5.92 Å². The van der Waals surface area contributed by atoms with Crippen LogP contribution in [-0.2, 0) is 20.6 Å². The number of ether oxygens (including phenoxy) is 3. The highest BCUT2D eigenvalue weighted by atomic mass is 19.2. The summed E-state index contributed by atoms with van der Waals surface area (Å²) in [6.07, 6.45) is 13.6. The van der Waals surface area contributed by atoms with Crippen molar-refractivity contribution in [1.82, 2.24) is 0 Å². The summed E-state index contributed by atoms with van der Waals surface area (Å²) in [5.41, 5.74) is -0.736. The third kappa shape index (κ3) is 12.0.